The van der Waals surface area contributed by atoms with Gasteiger partial charge in [-0.1, -0.05) is 18.2 Å². The minimum atomic E-state index is -1.29. The summed E-state index contributed by atoms with van der Waals surface area (Å²) >= 11 is 0. The van der Waals surface area contributed by atoms with Crippen molar-refractivity contribution in [1.29, 1.82) is 0 Å². The SMILES string of the molecule is CN1CCN2c3ccccc3CC3(C(=O)OC(C)(C)OC3=O)[C@H]2C1. The Balaban J connectivity index is 1.85. The number of carbonyl (C=O) groups excluding carboxylic acids is 2. The summed E-state index contributed by atoms with van der Waals surface area (Å²) in [5.41, 5.74) is 0.803. The normalized spacial score (nSPS) is 28.0. The van der Waals surface area contributed by atoms with Crippen molar-refractivity contribution in [3.8, 4) is 0 Å². The molecule has 0 amide bonds. The van der Waals surface area contributed by atoms with E-state index in [4.69, 9.17) is 9.47 Å². The number of anilines is 1. The molecule has 2 fully saturated rings. The Bertz CT molecular complexity index is 695. The molecule has 1 spiro atoms. The van der Waals surface area contributed by atoms with Crippen molar-refractivity contribution < 1.29 is 19.1 Å². The maximum Gasteiger partial charge on any atom is 0.329 e. The van der Waals surface area contributed by atoms with Crippen molar-refractivity contribution in [2.75, 3.05) is 31.6 Å². The summed E-state index contributed by atoms with van der Waals surface area (Å²) in [6.07, 6.45) is 0.325. The summed E-state index contributed by atoms with van der Waals surface area (Å²) in [6, 6.07) is 7.69. The van der Waals surface area contributed by atoms with Crippen molar-refractivity contribution in [3.05, 3.63) is 29.8 Å². The number of hydrogen-bond acceptors (Lipinski definition) is 6. The van der Waals surface area contributed by atoms with Crippen LogP contribution in [0, 0.1) is 5.41 Å². The van der Waals surface area contributed by atoms with Crippen LogP contribution >= 0.6 is 0 Å². The number of likely N-dealkylation sites (N-methyl/N-ethyl adjacent to an activating group) is 1. The van der Waals surface area contributed by atoms with Crippen LogP contribution in [-0.2, 0) is 25.5 Å². The van der Waals surface area contributed by atoms with Gasteiger partial charge in [0, 0.05) is 45.6 Å². The van der Waals surface area contributed by atoms with Gasteiger partial charge in [0.05, 0.1) is 6.04 Å². The highest BCUT2D eigenvalue weighted by atomic mass is 16.7. The number of cyclic esters (lactones) is 2. The molecule has 1 aromatic rings. The molecule has 0 bridgehead atoms. The molecular formula is C18H22N2O4. The Labute approximate surface area is 141 Å². The molecule has 1 atom stereocenters. The lowest BCUT2D eigenvalue weighted by Gasteiger charge is -2.54. The topological polar surface area (TPSA) is 59.1 Å². The molecule has 128 valence electrons. The van der Waals surface area contributed by atoms with Gasteiger partial charge in [0.25, 0.3) is 5.79 Å². The monoisotopic (exact) mass is 330 g/mol. The Kier molecular flexibility index (Phi) is 3.19. The Morgan fingerprint density at radius 2 is 1.75 bits per heavy atom. The van der Waals surface area contributed by atoms with E-state index in [0.29, 0.717) is 13.0 Å². The quantitative estimate of drug-likeness (QED) is 0.526. The van der Waals surface area contributed by atoms with Crippen LogP contribution in [0.15, 0.2) is 24.3 Å². The van der Waals surface area contributed by atoms with Crippen LogP contribution in [0.3, 0.4) is 0 Å². The highest BCUT2D eigenvalue weighted by molar-refractivity contribution is 6.04. The molecule has 6 heteroatoms. The van der Waals surface area contributed by atoms with Gasteiger partial charge in [-0.05, 0) is 18.7 Å². The first kappa shape index (κ1) is 15.4. The molecule has 0 aliphatic carbocycles. The van der Waals surface area contributed by atoms with Gasteiger partial charge >= 0.3 is 11.9 Å². The highest BCUT2D eigenvalue weighted by Gasteiger charge is 2.64. The third-order valence-corrected chi connectivity index (χ3v) is 5.33. The van der Waals surface area contributed by atoms with E-state index in [1.54, 1.807) is 13.8 Å². The Hall–Kier alpha value is -2.08. The minimum absolute atomic E-state index is 0.276. The van der Waals surface area contributed by atoms with E-state index in [1.807, 2.05) is 25.2 Å². The fourth-order valence-electron chi connectivity index (χ4n) is 4.14. The van der Waals surface area contributed by atoms with Gasteiger partial charge in [-0.2, -0.15) is 0 Å². The fraction of sp³-hybridized carbons (Fsp3) is 0.556. The molecule has 0 aromatic heterocycles. The molecule has 2 saturated heterocycles. The second kappa shape index (κ2) is 4.96. The summed E-state index contributed by atoms with van der Waals surface area (Å²) < 4.78 is 11.0. The van der Waals surface area contributed by atoms with E-state index in [1.165, 1.54) is 0 Å². The fourth-order valence-corrected chi connectivity index (χ4v) is 4.14. The van der Waals surface area contributed by atoms with Crippen molar-refractivity contribution in [3.63, 3.8) is 0 Å². The van der Waals surface area contributed by atoms with Gasteiger partial charge in [0.1, 0.15) is 0 Å². The van der Waals surface area contributed by atoms with Crippen LogP contribution in [-0.4, -0.2) is 55.3 Å². The minimum Gasteiger partial charge on any atom is -0.422 e. The number of carbonyl (C=O) groups is 2. The number of esters is 2. The predicted octanol–water partition coefficient (Wildman–Crippen LogP) is 1.19. The van der Waals surface area contributed by atoms with E-state index in [2.05, 4.69) is 15.9 Å². The van der Waals surface area contributed by atoms with Gasteiger partial charge in [-0.15, -0.1) is 0 Å². The van der Waals surface area contributed by atoms with Crippen molar-refractivity contribution in [2.45, 2.75) is 32.1 Å². The zero-order chi connectivity index (χ0) is 17.1. The molecule has 0 radical (unpaired) electrons. The first-order valence-corrected chi connectivity index (χ1v) is 8.33. The molecule has 4 rings (SSSR count). The summed E-state index contributed by atoms with van der Waals surface area (Å²) in [5.74, 6) is -2.14. The molecule has 3 aliphatic rings. The second-order valence-corrected chi connectivity index (χ2v) is 7.43. The first-order chi connectivity index (χ1) is 11.3. The van der Waals surface area contributed by atoms with Crippen molar-refractivity contribution in [1.82, 2.24) is 4.90 Å². The smallest absolute Gasteiger partial charge is 0.329 e. The third kappa shape index (κ3) is 2.05. The second-order valence-electron chi connectivity index (χ2n) is 7.43. The van der Waals surface area contributed by atoms with E-state index in [9.17, 15) is 9.59 Å². The van der Waals surface area contributed by atoms with Crippen molar-refractivity contribution >= 4 is 17.6 Å². The largest absolute Gasteiger partial charge is 0.422 e. The molecule has 1 aromatic carbocycles. The molecule has 0 unspecified atom stereocenters. The van der Waals surface area contributed by atoms with Gasteiger partial charge in [-0.3, -0.25) is 9.59 Å². The zero-order valence-corrected chi connectivity index (χ0v) is 14.2. The Morgan fingerprint density at radius 3 is 2.46 bits per heavy atom. The average molecular weight is 330 g/mol. The van der Waals surface area contributed by atoms with Crippen LogP contribution in [0.1, 0.15) is 19.4 Å². The van der Waals surface area contributed by atoms with Gasteiger partial charge in [-0.25, -0.2) is 0 Å². The van der Waals surface area contributed by atoms with Crippen LogP contribution < -0.4 is 4.90 Å². The number of fused-ring (bicyclic) bond motifs is 4. The number of hydrogen-bond donors (Lipinski definition) is 0. The maximum atomic E-state index is 13.0. The first-order valence-electron chi connectivity index (χ1n) is 8.33. The number of ether oxygens (including phenoxy) is 2. The van der Waals surface area contributed by atoms with E-state index < -0.39 is 23.1 Å². The predicted molar refractivity (Wildman–Crippen MR) is 87.5 cm³/mol. The number of benzene rings is 1. The molecule has 6 nitrogen and oxygen atoms in total. The standard InChI is InChI=1S/C18H22N2O4/c1-17(2)23-15(21)18(16(22)24-17)10-12-6-4-5-7-13(12)20-9-8-19(3)11-14(18)20/h4-7,14H,8-11H2,1-3H3/t14-/m1/s1. The highest BCUT2D eigenvalue weighted by Crippen LogP contribution is 2.47. The van der Waals surface area contributed by atoms with Gasteiger partial charge in [0.15, 0.2) is 5.41 Å². The number of nitrogens with zero attached hydrogens (tertiary/aromatic N) is 2. The number of rotatable bonds is 0. The lowest BCUT2D eigenvalue weighted by Crippen LogP contribution is -2.70. The third-order valence-electron chi connectivity index (χ3n) is 5.33. The van der Waals surface area contributed by atoms with Crippen LogP contribution in [0.5, 0.6) is 0 Å². The molecule has 3 heterocycles. The summed E-state index contributed by atoms with van der Waals surface area (Å²) in [4.78, 5) is 30.3. The van der Waals surface area contributed by atoms with E-state index in [-0.39, 0.29) is 6.04 Å². The summed E-state index contributed by atoms with van der Waals surface area (Å²) in [5, 5.41) is 0. The number of para-hydroxylation sites is 1. The Morgan fingerprint density at radius 1 is 1.08 bits per heavy atom. The molecule has 24 heavy (non-hydrogen) atoms. The van der Waals surface area contributed by atoms with Gasteiger partial charge in [0.2, 0.25) is 0 Å². The van der Waals surface area contributed by atoms with E-state index >= 15 is 0 Å². The maximum absolute atomic E-state index is 13.0. The lowest BCUT2D eigenvalue weighted by molar-refractivity contribution is -0.253. The van der Waals surface area contributed by atoms with Crippen LogP contribution in [0.25, 0.3) is 0 Å². The summed E-state index contributed by atoms with van der Waals surface area (Å²) in [6.45, 7) is 5.47. The van der Waals surface area contributed by atoms with Crippen LogP contribution in [0.2, 0.25) is 0 Å². The van der Waals surface area contributed by atoms with E-state index in [0.717, 1.165) is 24.3 Å². The zero-order valence-electron chi connectivity index (χ0n) is 14.2. The molecule has 0 N–H and O–H groups in total. The van der Waals surface area contributed by atoms with Gasteiger partial charge < -0.3 is 19.3 Å². The summed E-state index contributed by atoms with van der Waals surface area (Å²) in [7, 11) is 2.01. The lowest BCUT2D eigenvalue weighted by atomic mass is 9.69. The molecule has 3 aliphatic heterocycles. The average Bonchev–Trinajstić information content (AvgIpc) is 2.51. The van der Waals surface area contributed by atoms with Crippen LogP contribution in [0.4, 0.5) is 5.69 Å². The number of piperazine rings is 1. The molecular weight excluding hydrogens is 308 g/mol. The van der Waals surface area contributed by atoms with Crippen molar-refractivity contribution in [2.24, 2.45) is 5.41 Å². The molecule has 0 saturated carbocycles.